The molecule has 0 saturated carbocycles. The van der Waals surface area contributed by atoms with Gasteiger partial charge in [-0.3, -0.25) is 0 Å². The Labute approximate surface area is 303 Å². The monoisotopic (exact) mass is 726 g/mol. The average Bonchev–Trinajstić information content (AvgIpc) is 3.38. The fourth-order valence-corrected chi connectivity index (χ4v) is 12.6. The second-order valence-electron chi connectivity index (χ2n) is 12.9. The molecule has 46 heavy (non-hydrogen) atoms. The van der Waals surface area contributed by atoms with Crippen molar-refractivity contribution in [2.45, 2.75) is 36.7 Å². The first-order chi connectivity index (χ1) is 21.7. The fourth-order valence-electron chi connectivity index (χ4n) is 7.93. The van der Waals surface area contributed by atoms with Crippen LogP contribution in [0.3, 0.4) is 0 Å². The van der Waals surface area contributed by atoms with Crippen molar-refractivity contribution in [2.24, 2.45) is 0 Å². The topological polar surface area (TPSA) is 0 Å². The van der Waals surface area contributed by atoms with Crippen LogP contribution in [0.1, 0.15) is 49.9 Å². The molecule has 0 radical (unpaired) electrons. The Bertz CT molecular complexity index is 2120. The summed E-state index contributed by atoms with van der Waals surface area (Å²) in [5, 5.41) is 4.99. The van der Waals surface area contributed by atoms with Crippen LogP contribution in [0.4, 0.5) is 0 Å². The number of allylic oxidation sites excluding steroid dienone is 4. The molecule has 2 aliphatic rings. The van der Waals surface area contributed by atoms with Crippen molar-refractivity contribution in [3.05, 3.63) is 155 Å². The van der Waals surface area contributed by atoms with Gasteiger partial charge in [0, 0.05) is 26.2 Å². The Morgan fingerprint density at radius 1 is 0.457 bits per heavy atom. The van der Waals surface area contributed by atoms with E-state index in [1.54, 1.807) is 0 Å². The van der Waals surface area contributed by atoms with Crippen LogP contribution in [-0.4, -0.2) is 9.52 Å². The quantitative estimate of drug-likeness (QED) is 0.125. The van der Waals surface area contributed by atoms with Gasteiger partial charge in [0.2, 0.25) is 0 Å². The van der Waals surface area contributed by atoms with Crippen molar-refractivity contribution in [1.82, 2.24) is 0 Å². The van der Waals surface area contributed by atoms with E-state index in [2.05, 4.69) is 149 Å². The van der Waals surface area contributed by atoms with Crippen LogP contribution in [0.15, 0.2) is 132 Å². The normalized spacial score (nSPS) is 20.6. The molecule has 0 fully saturated rings. The van der Waals surface area contributed by atoms with E-state index in [9.17, 15) is 0 Å². The summed E-state index contributed by atoms with van der Waals surface area (Å²) in [6, 6.07) is 44.0. The zero-order chi connectivity index (χ0) is 31.1. The van der Waals surface area contributed by atoms with Gasteiger partial charge in [-0.1, -0.05) is 109 Å². The third-order valence-electron chi connectivity index (χ3n) is 10.7. The smallest absolute Gasteiger partial charge is 0.0923 e. The van der Waals surface area contributed by atoms with Crippen LogP contribution >= 0.6 is 23.2 Å². The van der Waals surface area contributed by atoms with Gasteiger partial charge in [0.25, 0.3) is 0 Å². The molecule has 0 bridgehead atoms. The Balaban J connectivity index is 0.00000338. The van der Waals surface area contributed by atoms with Gasteiger partial charge in [-0.2, -0.15) is 0 Å². The second kappa shape index (κ2) is 11.6. The van der Waals surface area contributed by atoms with Gasteiger partial charge >= 0.3 is 0 Å². The standard InChI is InChI=1S/C42H34Cl2Si.Zr/c1-25-27(3)41(43,37-17-9-15-35(39(25)37)33-21-19-29-11-5-7-13-31(29)23-33)45-42(44)28(4)26(2)40-36(16-10-18-38(40)42)34-22-20-30-12-6-8-14-32(30)24-34;/h5-24H,45H2,1-4H3;. The van der Waals surface area contributed by atoms with Gasteiger partial charge in [-0.25, -0.2) is 0 Å². The van der Waals surface area contributed by atoms with Crippen LogP contribution in [0, 0.1) is 0 Å². The van der Waals surface area contributed by atoms with E-state index in [-0.39, 0.29) is 26.2 Å². The van der Waals surface area contributed by atoms with Crippen molar-refractivity contribution in [3.63, 3.8) is 0 Å². The van der Waals surface area contributed by atoms with E-state index < -0.39 is 18.5 Å². The summed E-state index contributed by atoms with van der Waals surface area (Å²) in [5.41, 5.74) is 14.9. The van der Waals surface area contributed by atoms with Gasteiger partial charge in [0.1, 0.15) is 0 Å². The number of halogens is 2. The van der Waals surface area contributed by atoms with Crippen LogP contribution < -0.4 is 0 Å². The van der Waals surface area contributed by atoms with Crippen molar-refractivity contribution in [1.29, 1.82) is 0 Å². The van der Waals surface area contributed by atoms with Crippen molar-refractivity contribution in [3.8, 4) is 22.3 Å². The van der Waals surface area contributed by atoms with Gasteiger partial charge in [0.05, 0.1) is 18.5 Å². The van der Waals surface area contributed by atoms with E-state index in [0.29, 0.717) is 0 Å². The minimum Gasteiger partial charge on any atom is -0.114 e. The summed E-state index contributed by atoms with van der Waals surface area (Å²) in [6.45, 7) is 8.94. The molecule has 224 valence electrons. The van der Waals surface area contributed by atoms with Crippen molar-refractivity contribution >= 4 is 65.4 Å². The largest absolute Gasteiger partial charge is 0.114 e. The van der Waals surface area contributed by atoms with Crippen LogP contribution in [-0.2, 0) is 35.2 Å². The summed E-state index contributed by atoms with van der Waals surface area (Å²) in [6.07, 6.45) is 0. The minimum absolute atomic E-state index is 0. The maximum absolute atomic E-state index is 7.97. The Hall–Kier alpha value is -3.00. The van der Waals surface area contributed by atoms with E-state index in [4.69, 9.17) is 23.2 Å². The molecule has 2 unspecified atom stereocenters. The van der Waals surface area contributed by atoms with Crippen molar-refractivity contribution < 1.29 is 26.2 Å². The molecule has 6 aromatic rings. The molecule has 0 aliphatic heterocycles. The van der Waals surface area contributed by atoms with Gasteiger partial charge < -0.3 is 0 Å². The maximum atomic E-state index is 7.97. The molecule has 2 aliphatic carbocycles. The van der Waals surface area contributed by atoms with E-state index >= 15 is 0 Å². The molecule has 2 atom stereocenters. The number of rotatable bonds is 4. The molecule has 4 heteroatoms. The van der Waals surface area contributed by atoms with Gasteiger partial charge in [-0.15, -0.1) is 23.2 Å². The zero-order valence-corrected chi connectivity index (χ0v) is 31.9. The molecule has 0 nitrogen and oxygen atoms in total. The summed E-state index contributed by atoms with van der Waals surface area (Å²) >= 11 is 15.9. The van der Waals surface area contributed by atoms with Crippen molar-refractivity contribution in [2.75, 3.05) is 0 Å². The molecular weight excluding hydrogens is 695 g/mol. The predicted octanol–water partition coefficient (Wildman–Crippen LogP) is 11.6. The number of benzene rings is 6. The Kier molecular flexibility index (Phi) is 7.97. The fraction of sp³-hybridized carbons (Fsp3) is 0.143. The van der Waals surface area contributed by atoms with Gasteiger partial charge in [0.15, 0.2) is 0 Å². The molecule has 8 rings (SSSR count). The first-order valence-corrected chi connectivity index (χ1v) is 17.9. The minimum atomic E-state index is -1.25. The third kappa shape index (κ3) is 4.63. The molecule has 6 aromatic carbocycles. The predicted molar refractivity (Wildman–Crippen MR) is 199 cm³/mol. The third-order valence-corrected chi connectivity index (χ3v) is 15.2. The number of hydrogen-bond acceptors (Lipinski definition) is 0. The molecule has 0 spiro atoms. The van der Waals surface area contributed by atoms with E-state index in [1.807, 2.05) is 0 Å². The second-order valence-corrected chi connectivity index (χ2v) is 17.5. The summed E-state index contributed by atoms with van der Waals surface area (Å²) in [5.74, 6) is 0. The molecule has 0 heterocycles. The number of alkyl halides is 2. The molecular formula is C42H34Cl2SiZr. The van der Waals surface area contributed by atoms with E-state index in [1.165, 1.54) is 88.3 Å². The van der Waals surface area contributed by atoms with Crippen LogP contribution in [0.5, 0.6) is 0 Å². The van der Waals surface area contributed by atoms with Gasteiger partial charge in [-0.05, 0) is 128 Å². The number of fused-ring (bicyclic) bond motifs is 4. The van der Waals surface area contributed by atoms with Crippen LogP contribution in [0.25, 0.3) is 54.9 Å². The van der Waals surface area contributed by atoms with Crippen LogP contribution in [0.2, 0.25) is 0 Å². The molecule has 0 amide bonds. The summed E-state index contributed by atoms with van der Waals surface area (Å²) < 4.78 is -1.20. The first-order valence-electron chi connectivity index (χ1n) is 15.7. The van der Waals surface area contributed by atoms with E-state index in [0.717, 1.165) is 0 Å². The molecule has 0 N–H and O–H groups in total. The average molecular weight is 729 g/mol. The maximum Gasteiger partial charge on any atom is 0.0923 e. The molecule has 0 saturated heterocycles. The zero-order valence-electron chi connectivity index (χ0n) is 26.5. The summed E-state index contributed by atoms with van der Waals surface area (Å²) in [4.78, 5) is 0. The molecule has 0 aromatic heterocycles. The Morgan fingerprint density at radius 3 is 1.26 bits per heavy atom. The Morgan fingerprint density at radius 2 is 0.848 bits per heavy atom. The first kappa shape index (κ1) is 31.6. The number of hydrogen-bond donors (Lipinski definition) is 0. The SMILES string of the molecule is CC1=C(C)C(Cl)([SiH2]C2(Cl)C(C)=C(C)c3c(-c4ccc5ccccc5c4)cccc32)c2cccc(-c3ccc4ccccc4c3)c21.[Zr]. The summed E-state index contributed by atoms with van der Waals surface area (Å²) in [7, 11) is -1.25.